The summed E-state index contributed by atoms with van der Waals surface area (Å²) in [6.07, 6.45) is -0.132. The first kappa shape index (κ1) is 13.0. The van der Waals surface area contributed by atoms with Crippen molar-refractivity contribution in [2.45, 2.75) is 25.8 Å². The van der Waals surface area contributed by atoms with E-state index in [9.17, 15) is 9.18 Å². The van der Waals surface area contributed by atoms with Crippen LogP contribution < -0.4 is 5.32 Å². The summed E-state index contributed by atoms with van der Waals surface area (Å²) in [7, 11) is 0. The number of anilines is 1. The monoisotopic (exact) mass is 236 g/mol. The Kier molecular flexibility index (Phi) is 3.69. The topological polar surface area (TPSA) is 73.1 Å². The van der Waals surface area contributed by atoms with Crippen LogP contribution in [0.15, 0.2) is 18.2 Å². The van der Waals surface area contributed by atoms with Crippen molar-refractivity contribution in [3.8, 4) is 6.07 Å². The van der Waals surface area contributed by atoms with Crippen molar-refractivity contribution in [3.63, 3.8) is 0 Å². The number of nitrogens with one attached hydrogen (secondary N) is 1. The number of rotatable bonds is 4. The summed E-state index contributed by atoms with van der Waals surface area (Å²) in [4.78, 5) is 10.6. The molecule has 0 spiro atoms. The fraction of sp³-hybridized carbons (Fsp3) is 0.333. The van der Waals surface area contributed by atoms with Gasteiger partial charge in [-0.3, -0.25) is 4.79 Å². The van der Waals surface area contributed by atoms with Gasteiger partial charge in [0, 0.05) is 5.54 Å². The molecule has 0 amide bonds. The highest BCUT2D eigenvalue weighted by Crippen LogP contribution is 2.21. The number of carboxylic acid groups (broad SMARTS) is 1. The Bertz CT molecular complexity index is 478. The molecule has 0 saturated carbocycles. The number of halogens is 1. The van der Waals surface area contributed by atoms with Crippen LogP contribution in [0.1, 0.15) is 25.8 Å². The van der Waals surface area contributed by atoms with Gasteiger partial charge in [-0.25, -0.2) is 4.39 Å². The number of nitriles is 1. The molecule has 2 N–H and O–H groups in total. The summed E-state index contributed by atoms with van der Waals surface area (Å²) in [6, 6.07) is 5.84. The van der Waals surface area contributed by atoms with E-state index in [1.54, 1.807) is 13.8 Å². The van der Waals surface area contributed by atoms with Crippen molar-refractivity contribution >= 4 is 11.7 Å². The lowest BCUT2D eigenvalue weighted by Crippen LogP contribution is -2.34. The number of hydrogen-bond acceptors (Lipinski definition) is 3. The number of nitrogens with zero attached hydrogens (tertiary/aromatic N) is 1. The van der Waals surface area contributed by atoms with Gasteiger partial charge in [0.25, 0.3) is 0 Å². The Morgan fingerprint density at radius 2 is 2.24 bits per heavy atom. The molecule has 1 aromatic rings. The summed E-state index contributed by atoms with van der Waals surface area (Å²) in [5.41, 5.74) is -0.347. The maximum absolute atomic E-state index is 13.5. The van der Waals surface area contributed by atoms with Crippen LogP contribution in [-0.2, 0) is 4.79 Å². The molecule has 5 heteroatoms. The molecule has 0 aliphatic carbocycles. The molecule has 1 aromatic carbocycles. The van der Waals surface area contributed by atoms with E-state index in [-0.39, 0.29) is 17.7 Å². The third-order valence-electron chi connectivity index (χ3n) is 2.16. The van der Waals surface area contributed by atoms with Crippen molar-refractivity contribution in [1.82, 2.24) is 0 Å². The van der Waals surface area contributed by atoms with Gasteiger partial charge in [0.2, 0.25) is 0 Å². The van der Waals surface area contributed by atoms with Gasteiger partial charge in [0.1, 0.15) is 5.82 Å². The SMILES string of the molecule is CC(C)(CC(=O)O)Nc1ccc(C#N)cc1F. The number of benzene rings is 1. The van der Waals surface area contributed by atoms with Gasteiger partial charge >= 0.3 is 5.97 Å². The van der Waals surface area contributed by atoms with Crippen molar-refractivity contribution in [2.75, 3.05) is 5.32 Å². The molecule has 0 radical (unpaired) electrons. The molecule has 90 valence electrons. The van der Waals surface area contributed by atoms with E-state index < -0.39 is 17.3 Å². The Morgan fingerprint density at radius 1 is 1.59 bits per heavy atom. The van der Waals surface area contributed by atoms with Crippen molar-refractivity contribution < 1.29 is 14.3 Å². The second-order valence-electron chi connectivity index (χ2n) is 4.39. The van der Waals surface area contributed by atoms with E-state index >= 15 is 0 Å². The van der Waals surface area contributed by atoms with E-state index in [1.165, 1.54) is 12.1 Å². The summed E-state index contributed by atoms with van der Waals surface area (Å²) < 4.78 is 13.5. The Hall–Kier alpha value is -2.09. The van der Waals surface area contributed by atoms with Gasteiger partial charge in [0.15, 0.2) is 0 Å². The molecule has 17 heavy (non-hydrogen) atoms. The van der Waals surface area contributed by atoms with Crippen LogP contribution in [0, 0.1) is 17.1 Å². The molecule has 0 heterocycles. The zero-order valence-electron chi connectivity index (χ0n) is 9.62. The average molecular weight is 236 g/mol. The van der Waals surface area contributed by atoms with Gasteiger partial charge in [0.05, 0.1) is 23.7 Å². The first-order chi connectivity index (χ1) is 7.84. The minimum atomic E-state index is -0.962. The zero-order chi connectivity index (χ0) is 13.1. The molecular formula is C12H13FN2O2. The number of carboxylic acids is 1. The van der Waals surface area contributed by atoms with Crippen molar-refractivity contribution in [3.05, 3.63) is 29.6 Å². The molecule has 0 unspecified atom stereocenters. The minimum absolute atomic E-state index is 0.132. The van der Waals surface area contributed by atoms with Gasteiger partial charge in [-0.2, -0.15) is 5.26 Å². The van der Waals surface area contributed by atoms with E-state index in [2.05, 4.69) is 5.32 Å². The van der Waals surface area contributed by atoms with Crippen molar-refractivity contribution in [1.29, 1.82) is 5.26 Å². The normalized spacial score (nSPS) is 10.7. The number of aliphatic carboxylic acids is 1. The van der Waals surface area contributed by atoms with Crippen LogP contribution in [-0.4, -0.2) is 16.6 Å². The maximum Gasteiger partial charge on any atom is 0.305 e. The van der Waals surface area contributed by atoms with Gasteiger partial charge < -0.3 is 10.4 Å². The van der Waals surface area contributed by atoms with E-state index in [1.807, 2.05) is 6.07 Å². The Balaban J connectivity index is 2.89. The highest BCUT2D eigenvalue weighted by atomic mass is 19.1. The number of hydrogen-bond donors (Lipinski definition) is 2. The molecule has 0 saturated heterocycles. The van der Waals surface area contributed by atoms with Crippen molar-refractivity contribution in [2.24, 2.45) is 0 Å². The van der Waals surface area contributed by atoms with Crippen LogP contribution in [0.5, 0.6) is 0 Å². The molecule has 0 bridgehead atoms. The van der Waals surface area contributed by atoms with Crippen LogP contribution in [0.2, 0.25) is 0 Å². The summed E-state index contributed by atoms with van der Waals surface area (Å²) >= 11 is 0. The second-order valence-corrected chi connectivity index (χ2v) is 4.39. The lowest BCUT2D eigenvalue weighted by atomic mass is 10.00. The Labute approximate surface area is 98.7 Å². The van der Waals surface area contributed by atoms with Crippen LogP contribution >= 0.6 is 0 Å². The zero-order valence-corrected chi connectivity index (χ0v) is 9.62. The predicted molar refractivity (Wildman–Crippen MR) is 61.1 cm³/mol. The molecule has 0 aliphatic heterocycles. The molecule has 0 aliphatic rings. The van der Waals surface area contributed by atoms with Crippen LogP contribution in [0.25, 0.3) is 0 Å². The molecule has 0 fully saturated rings. The molecular weight excluding hydrogens is 223 g/mol. The third-order valence-corrected chi connectivity index (χ3v) is 2.16. The lowest BCUT2D eigenvalue weighted by Gasteiger charge is -2.25. The molecule has 1 rings (SSSR count). The average Bonchev–Trinajstić information content (AvgIpc) is 2.18. The number of carbonyl (C=O) groups is 1. The van der Waals surface area contributed by atoms with E-state index in [4.69, 9.17) is 10.4 Å². The minimum Gasteiger partial charge on any atom is -0.481 e. The molecule has 4 nitrogen and oxygen atoms in total. The summed E-state index contributed by atoms with van der Waals surface area (Å²) in [5, 5.41) is 20.1. The fourth-order valence-corrected chi connectivity index (χ4v) is 1.47. The smallest absolute Gasteiger partial charge is 0.305 e. The Morgan fingerprint density at radius 3 is 2.71 bits per heavy atom. The van der Waals surface area contributed by atoms with Gasteiger partial charge in [-0.15, -0.1) is 0 Å². The van der Waals surface area contributed by atoms with E-state index in [0.717, 1.165) is 6.07 Å². The molecule has 0 atom stereocenters. The van der Waals surface area contributed by atoms with Gasteiger partial charge in [-0.1, -0.05) is 0 Å². The standard InChI is InChI=1S/C12H13FN2O2/c1-12(2,6-11(16)17)15-10-4-3-8(7-14)5-9(10)13/h3-5,15H,6H2,1-2H3,(H,16,17). The maximum atomic E-state index is 13.5. The quantitative estimate of drug-likeness (QED) is 0.841. The fourth-order valence-electron chi connectivity index (χ4n) is 1.47. The lowest BCUT2D eigenvalue weighted by molar-refractivity contribution is -0.137. The highest BCUT2D eigenvalue weighted by Gasteiger charge is 2.22. The highest BCUT2D eigenvalue weighted by molar-refractivity contribution is 5.69. The third kappa shape index (κ3) is 3.76. The second kappa shape index (κ2) is 4.83. The predicted octanol–water partition coefficient (Wildman–Crippen LogP) is 2.36. The summed E-state index contributed by atoms with van der Waals surface area (Å²) in [6.45, 7) is 3.33. The molecule has 0 aromatic heterocycles. The van der Waals surface area contributed by atoms with Crippen LogP contribution in [0.3, 0.4) is 0 Å². The van der Waals surface area contributed by atoms with Crippen LogP contribution in [0.4, 0.5) is 10.1 Å². The largest absolute Gasteiger partial charge is 0.481 e. The first-order valence-corrected chi connectivity index (χ1v) is 5.04. The van der Waals surface area contributed by atoms with Gasteiger partial charge in [-0.05, 0) is 32.0 Å². The summed E-state index contributed by atoms with van der Waals surface area (Å²) in [5.74, 6) is -1.53. The van der Waals surface area contributed by atoms with E-state index in [0.29, 0.717) is 0 Å². The first-order valence-electron chi connectivity index (χ1n) is 5.04.